The normalized spacial score (nSPS) is 30.9. The van der Waals surface area contributed by atoms with Crippen LogP contribution in [-0.2, 0) is 11.2 Å². The molecule has 4 aliphatic carbocycles. The highest BCUT2D eigenvalue weighted by Crippen LogP contribution is 2.56. The number of benzene rings is 1. The monoisotopic (exact) mass is 450 g/mol. The lowest BCUT2D eigenvalue weighted by Crippen LogP contribution is -2.38. The second-order valence-corrected chi connectivity index (χ2v) is 10.7. The van der Waals surface area contributed by atoms with Crippen LogP contribution in [0.3, 0.4) is 0 Å². The smallest absolute Gasteiger partial charge is 0.306 e. The van der Waals surface area contributed by atoms with Gasteiger partial charge < -0.3 is 9.84 Å². The average molecular weight is 451 g/mol. The molecule has 0 heterocycles. The lowest BCUT2D eigenvalue weighted by Gasteiger charge is -2.34. The van der Waals surface area contributed by atoms with Gasteiger partial charge in [-0.25, -0.2) is 0 Å². The molecule has 1 N–H and O–H groups in total. The van der Waals surface area contributed by atoms with E-state index in [1.807, 2.05) is 6.07 Å². The molecule has 0 amide bonds. The highest BCUT2D eigenvalue weighted by molar-refractivity contribution is 6.45. The minimum absolute atomic E-state index is 0.163. The molecule has 4 aliphatic rings. The summed E-state index contributed by atoms with van der Waals surface area (Å²) in [5, 5.41) is 9.69. The number of aliphatic carboxylic acids is 1. The number of Topliss-reactive ketones (excluding diaryl/α,β-unsaturated/α-hetero) is 1. The maximum Gasteiger partial charge on any atom is 0.306 e. The van der Waals surface area contributed by atoms with Crippen molar-refractivity contribution < 1.29 is 19.4 Å². The number of rotatable bonds is 7. The van der Waals surface area contributed by atoms with Crippen molar-refractivity contribution in [3.8, 4) is 5.75 Å². The van der Waals surface area contributed by atoms with Gasteiger partial charge in [0.05, 0.1) is 10.9 Å². The number of fused-ring (bicyclic) bond motifs is 1. The van der Waals surface area contributed by atoms with E-state index < -0.39 is 5.97 Å². The summed E-state index contributed by atoms with van der Waals surface area (Å²) >= 11 is 13.2. The van der Waals surface area contributed by atoms with Gasteiger partial charge in [-0.2, -0.15) is 0 Å². The maximum absolute atomic E-state index is 13.8. The minimum atomic E-state index is -0.782. The number of hydrogen-bond acceptors (Lipinski definition) is 3. The molecule has 4 nitrogen and oxygen atoms in total. The van der Waals surface area contributed by atoms with Crippen LogP contribution in [0.2, 0.25) is 10.0 Å². The summed E-state index contributed by atoms with van der Waals surface area (Å²) in [4.78, 5) is 24.8. The predicted octanol–water partition coefficient (Wildman–Crippen LogP) is 6.34. The fourth-order valence-electron chi connectivity index (χ4n) is 5.92. The Kier molecular flexibility index (Phi) is 5.30. The summed E-state index contributed by atoms with van der Waals surface area (Å²) in [6, 6.07) is 1.91. The van der Waals surface area contributed by atoms with E-state index in [0.717, 1.165) is 43.6 Å². The average Bonchev–Trinajstić information content (AvgIpc) is 3.24. The number of carboxylic acids is 1. The topological polar surface area (TPSA) is 63.6 Å². The fourth-order valence-corrected chi connectivity index (χ4v) is 6.41. The molecule has 0 aliphatic heterocycles. The molecular formula is C24H28Cl2O4. The second kappa shape index (κ2) is 7.70. The lowest BCUT2D eigenvalue weighted by atomic mass is 9.68. The lowest BCUT2D eigenvalue weighted by molar-refractivity contribution is -0.147. The van der Waals surface area contributed by atoms with Crippen molar-refractivity contribution in [1.29, 1.82) is 0 Å². The number of hydrogen-bond donors (Lipinski definition) is 1. The maximum atomic E-state index is 13.8. The van der Waals surface area contributed by atoms with Crippen LogP contribution < -0.4 is 4.74 Å². The van der Waals surface area contributed by atoms with Crippen LogP contribution in [0.25, 0.3) is 0 Å². The van der Waals surface area contributed by atoms with Gasteiger partial charge in [-0.15, -0.1) is 0 Å². The van der Waals surface area contributed by atoms with Crippen LogP contribution in [0, 0.1) is 23.2 Å². The van der Waals surface area contributed by atoms with Crippen molar-refractivity contribution in [2.24, 2.45) is 23.2 Å². The molecule has 0 saturated heterocycles. The fraction of sp³-hybridized carbons (Fsp3) is 0.667. The summed E-state index contributed by atoms with van der Waals surface area (Å²) < 4.78 is 6.01. The predicted molar refractivity (Wildman–Crippen MR) is 116 cm³/mol. The Labute approximate surface area is 187 Å². The van der Waals surface area contributed by atoms with Gasteiger partial charge in [-0.05, 0) is 68.4 Å². The highest BCUT2D eigenvalue weighted by atomic mass is 35.5. The number of halogens is 2. The van der Waals surface area contributed by atoms with Crippen molar-refractivity contribution in [3.05, 3.63) is 27.2 Å². The Morgan fingerprint density at radius 3 is 2.47 bits per heavy atom. The standard InChI is InChI=1S/C24H28Cl2O4/c25-20-18(30-17-9-14(10-17)23(28)29)11-15-12-24(8-7-13-5-6-13,16-3-1-2-4-16)22(27)19(15)21(20)26/h11,13-14,16-17H,1-10,12H2,(H,28,29). The van der Waals surface area contributed by atoms with E-state index in [0.29, 0.717) is 35.1 Å². The molecule has 3 fully saturated rings. The van der Waals surface area contributed by atoms with E-state index in [2.05, 4.69) is 0 Å². The Hall–Kier alpha value is -1.26. The first-order valence-electron chi connectivity index (χ1n) is 11.3. The largest absolute Gasteiger partial charge is 0.489 e. The van der Waals surface area contributed by atoms with Crippen LogP contribution in [-0.4, -0.2) is 23.0 Å². The van der Waals surface area contributed by atoms with Gasteiger partial charge in [0.2, 0.25) is 0 Å². The van der Waals surface area contributed by atoms with Crippen LogP contribution in [0.1, 0.15) is 80.1 Å². The molecule has 5 rings (SSSR count). The summed E-state index contributed by atoms with van der Waals surface area (Å²) in [6.45, 7) is 0. The Morgan fingerprint density at radius 2 is 1.83 bits per heavy atom. The van der Waals surface area contributed by atoms with Gasteiger partial charge in [-0.1, -0.05) is 48.9 Å². The van der Waals surface area contributed by atoms with Gasteiger partial charge in [0.25, 0.3) is 0 Å². The van der Waals surface area contributed by atoms with E-state index in [9.17, 15) is 9.59 Å². The van der Waals surface area contributed by atoms with Crippen LogP contribution in [0.5, 0.6) is 5.75 Å². The molecule has 3 saturated carbocycles. The van der Waals surface area contributed by atoms with Crippen molar-refractivity contribution in [2.75, 3.05) is 0 Å². The third-order valence-corrected chi connectivity index (χ3v) is 8.86. The Bertz CT molecular complexity index is 882. The number of carbonyl (C=O) groups is 2. The van der Waals surface area contributed by atoms with Crippen LogP contribution in [0.15, 0.2) is 6.07 Å². The molecule has 1 unspecified atom stereocenters. The Balaban J connectivity index is 1.42. The van der Waals surface area contributed by atoms with Gasteiger partial charge in [0.1, 0.15) is 16.9 Å². The third kappa shape index (κ3) is 3.44. The summed E-state index contributed by atoms with van der Waals surface area (Å²) in [7, 11) is 0. The quantitative estimate of drug-likeness (QED) is 0.525. The van der Waals surface area contributed by atoms with Gasteiger partial charge in [-0.3, -0.25) is 9.59 Å². The zero-order chi connectivity index (χ0) is 21.0. The molecule has 0 bridgehead atoms. The van der Waals surface area contributed by atoms with E-state index in [4.69, 9.17) is 33.0 Å². The molecule has 0 aromatic heterocycles. The number of ether oxygens (including phenoxy) is 1. The first-order chi connectivity index (χ1) is 14.4. The minimum Gasteiger partial charge on any atom is -0.489 e. The van der Waals surface area contributed by atoms with Crippen molar-refractivity contribution in [1.82, 2.24) is 0 Å². The van der Waals surface area contributed by atoms with Crippen LogP contribution in [0.4, 0.5) is 0 Å². The number of ketones is 1. The van der Waals surface area contributed by atoms with Crippen LogP contribution >= 0.6 is 23.2 Å². The first kappa shape index (κ1) is 20.6. The zero-order valence-electron chi connectivity index (χ0n) is 17.1. The number of carbonyl (C=O) groups excluding carboxylic acids is 1. The molecular weight excluding hydrogens is 423 g/mol. The van der Waals surface area contributed by atoms with Crippen molar-refractivity contribution in [2.45, 2.75) is 76.7 Å². The zero-order valence-corrected chi connectivity index (χ0v) is 18.6. The molecule has 30 heavy (non-hydrogen) atoms. The molecule has 1 atom stereocenters. The number of carboxylic acid groups (broad SMARTS) is 1. The molecule has 1 aromatic carbocycles. The summed E-state index contributed by atoms with van der Waals surface area (Å²) in [5.41, 5.74) is 1.23. The van der Waals surface area contributed by atoms with Crippen molar-refractivity contribution >= 4 is 35.0 Å². The summed E-state index contributed by atoms with van der Waals surface area (Å²) in [5.74, 6) is 0.773. The van der Waals surface area contributed by atoms with E-state index in [-0.39, 0.29) is 28.2 Å². The molecule has 1 aromatic rings. The SMILES string of the molecule is O=C(O)C1CC(Oc2cc3c(c(Cl)c2Cl)C(=O)C(CCC2CC2)(C2CCCC2)C3)C1. The van der Waals surface area contributed by atoms with Gasteiger partial charge in [0.15, 0.2) is 5.78 Å². The van der Waals surface area contributed by atoms with E-state index in [1.165, 1.54) is 25.7 Å². The first-order valence-corrected chi connectivity index (χ1v) is 12.1. The third-order valence-electron chi connectivity index (χ3n) is 8.01. The molecule has 0 spiro atoms. The Morgan fingerprint density at radius 1 is 1.13 bits per heavy atom. The summed E-state index contributed by atoms with van der Waals surface area (Å²) in [6.07, 6.45) is 10.8. The van der Waals surface area contributed by atoms with Crippen molar-refractivity contribution in [3.63, 3.8) is 0 Å². The van der Waals surface area contributed by atoms with E-state index >= 15 is 0 Å². The van der Waals surface area contributed by atoms with Gasteiger partial charge in [0, 0.05) is 11.0 Å². The highest BCUT2D eigenvalue weighted by Gasteiger charge is 2.52. The van der Waals surface area contributed by atoms with E-state index in [1.54, 1.807) is 0 Å². The molecule has 0 radical (unpaired) electrons. The molecule has 6 heteroatoms. The second-order valence-electron chi connectivity index (χ2n) is 9.91. The molecule has 162 valence electrons. The van der Waals surface area contributed by atoms with Gasteiger partial charge >= 0.3 is 5.97 Å².